The minimum atomic E-state index is -2.85. The first kappa shape index (κ1) is 27.4. The zero-order valence-corrected chi connectivity index (χ0v) is 20.1. The van der Waals surface area contributed by atoms with E-state index in [0.717, 1.165) is 16.4 Å². The van der Waals surface area contributed by atoms with Gasteiger partial charge >= 0.3 is 5.97 Å². The fourth-order valence-corrected chi connectivity index (χ4v) is 3.61. The number of anilines is 1. The summed E-state index contributed by atoms with van der Waals surface area (Å²) >= 11 is 6.23. The number of aromatic nitrogens is 4. The van der Waals surface area contributed by atoms with Crippen molar-refractivity contribution >= 4 is 29.2 Å². The van der Waals surface area contributed by atoms with Crippen molar-refractivity contribution in [3.8, 4) is 11.1 Å². The molecule has 0 atom stereocenters. The molecule has 1 amide bonds. The van der Waals surface area contributed by atoms with Crippen molar-refractivity contribution in [3.63, 3.8) is 0 Å². The summed E-state index contributed by atoms with van der Waals surface area (Å²) < 4.78 is 52.5. The molecular weight excluding hydrogens is 518 g/mol. The Kier molecular flexibility index (Phi) is 8.66. The van der Waals surface area contributed by atoms with Gasteiger partial charge in [-0.3, -0.25) is 14.2 Å². The average molecular weight is 538 g/mol. The molecule has 2 aromatic heterocycles. The third-order valence-electron chi connectivity index (χ3n) is 4.94. The molecule has 0 radical (unpaired) electrons. The van der Waals surface area contributed by atoms with Gasteiger partial charge in [0, 0.05) is 48.3 Å². The Morgan fingerprint density at radius 3 is 1.84 bits per heavy atom. The highest BCUT2D eigenvalue weighted by molar-refractivity contribution is 6.33. The van der Waals surface area contributed by atoms with Crippen molar-refractivity contribution in [1.82, 2.24) is 19.6 Å². The van der Waals surface area contributed by atoms with E-state index in [0.29, 0.717) is 16.3 Å². The summed E-state index contributed by atoms with van der Waals surface area (Å²) in [5, 5.41) is 18.6. The van der Waals surface area contributed by atoms with E-state index in [2.05, 4.69) is 15.5 Å². The maximum absolute atomic E-state index is 13.1. The highest BCUT2D eigenvalue weighted by Crippen LogP contribution is 2.33. The quantitative estimate of drug-likeness (QED) is 0.294. The molecular formula is C24H20ClF4N5O3. The van der Waals surface area contributed by atoms with Crippen molar-refractivity contribution < 1.29 is 32.3 Å². The highest BCUT2D eigenvalue weighted by Gasteiger charge is 2.24. The van der Waals surface area contributed by atoms with Crippen molar-refractivity contribution in [1.29, 1.82) is 0 Å². The highest BCUT2D eigenvalue weighted by atomic mass is 35.5. The van der Waals surface area contributed by atoms with Crippen LogP contribution in [0.4, 0.5) is 23.2 Å². The normalized spacial score (nSPS) is 10.8. The van der Waals surface area contributed by atoms with Crippen LogP contribution in [0.15, 0.2) is 60.9 Å². The van der Waals surface area contributed by atoms with Crippen LogP contribution in [0, 0.1) is 0 Å². The molecule has 4 rings (SSSR count). The number of hydrogen-bond acceptors (Lipinski definition) is 4. The smallest absolute Gasteiger partial charge is 0.339 e. The predicted octanol–water partition coefficient (Wildman–Crippen LogP) is 5.99. The first-order valence-electron chi connectivity index (χ1n) is 10.5. The first-order chi connectivity index (χ1) is 17.5. The summed E-state index contributed by atoms with van der Waals surface area (Å²) in [6, 6.07) is 14.2. The van der Waals surface area contributed by atoms with Crippen LogP contribution in [-0.4, -0.2) is 36.5 Å². The Hall–Kier alpha value is -4.19. The molecule has 0 bridgehead atoms. The lowest BCUT2D eigenvalue weighted by Crippen LogP contribution is -2.14. The van der Waals surface area contributed by atoms with E-state index in [1.54, 1.807) is 30.3 Å². The number of nitrogens with one attached hydrogen (secondary N) is 1. The molecule has 37 heavy (non-hydrogen) atoms. The summed E-state index contributed by atoms with van der Waals surface area (Å²) in [5.41, 5.74) is 0.0631. The molecule has 0 aliphatic heterocycles. The summed E-state index contributed by atoms with van der Waals surface area (Å²) in [6.07, 6.45) is -3.36. The van der Waals surface area contributed by atoms with Crippen LogP contribution in [0.25, 0.3) is 11.1 Å². The molecule has 0 unspecified atom stereocenters. The van der Waals surface area contributed by atoms with Crippen LogP contribution in [0.3, 0.4) is 0 Å². The number of aromatic carboxylic acids is 1. The number of carbonyl (C=O) groups excluding carboxylic acids is 1. The average Bonchev–Trinajstić information content (AvgIpc) is 3.44. The van der Waals surface area contributed by atoms with Gasteiger partial charge in [0.15, 0.2) is 0 Å². The number of alkyl halides is 4. The Bertz CT molecular complexity index is 1420. The minimum absolute atomic E-state index is 0.161. The van der Waals surface area contributed by atoms with Crippen molar-refractivity contribution in [2.45, 2.75) is 12.9 Å². The third-order valence-corrected chi connectivity index (χ3v) is 5.27. The summed E-state index contributed by atoms with van der Waals surface area (Å²) in [7, 11) is 2.87. The molecule has 2 aromatic carbocycles. The largest absolute Gasteiger partial charge is 0.478 e. The zero-order chi connectivity index (χ0) is 27.3. The molecule has 194 valence electrons. The molecule has 8 nitrogen and oxygen atoms in total. The molecule has 0 spiro atoms. The van der Waals surface area contributed by atoms with Crippen LogP contribution >= 0.6 is 11.6 Å². The molecule has 0 saturated carbocycles. The number of rotatable bonds is 6. The molecule has 0 aliphatic carbocycles. The summed E-state index contributed by atoms with van der Waals surface area (Å²) in [6.45, 7) is 0. The van der Waals surface area contributed by atoms with Gasteiger partial charge in [-0.15, -0.1) is 0 Å². The van der Waals surface area contributed by atoms with Crippen molar-refractivity contribution in [2.75, 3.05) is 5.32 Å². The Balaban J connectivity index is 0.000000266. The molecule has 0 saturated heterocycles. The van der Waals surface area contributed by atoms with Crippen LogP contribution in [0.5, 0.6) is 0 Å². The lowest BCUT2D eigenvalue weighted by atomic mass is 10.0. The van der Waals surface area contributed by atoms with Crippen molar-refractivity contribution in [3.05, 3.63) is 88.5 Å². The number of para-hydroxylation sites is 1. The van der Waals surface area contributed by atoms with Gasteiger partial charge in [0.2, 0.25) is 0 Å². The SMILES string of the molecule is Cn1cc(C(=O)Nc2ccccc2-c2ccccc2Cl)c(C(F)F)n1.Cn1cc(C(=O)O)c(C(F)F)n1. The van der Waals surface area contributed by atoms with Gasteiger partial charge in [-0.2, -0.15) is 10.2 Å². The van der Waals surface area contributed by atoms with E-state index in [4.69, 9.17) is 16.7 Å². The Labute approximate surface area is 213 Å². The van der Waals surface area contributed by atoms with Crippen LogP contribution in [0.1, 0.15) is 45.0 Å². The molecule has 13 heteroatoms. The van der Waals surface area contributed by atoms with E-state index in [-0.39, 0.29) is 5.56 Å². The van der Waals surface area contributed by atoms with E-state index in [1.807, 2.05) is 18.2 Å². The minimum Gasteiger partial charge on any atom is -0.478 e. The third kappa shape index (κ3) is 6.53. The summed E-state index contributed by atoms with van der Waals surface area (Å²) in [5.74, 6) is -2.04. The number of carboxylic acid groups (broad SMARTS) is 1. The standard InChI is InChI=1S/C18H14ClF2N3O.C6H6F2N2O2/c1-24-10-13(16(23-24)17(20)21)18(25)22-15-9-5-3-7-12(15)11-6-2-4-8-14(11)19;1-10-2-3(6(11)12)4(9-10)5(7)8/h2-10,17H,1H3,(H,22,25);2,5H,1H3,(H,11,12). The lowest BCUT2D eigenvalue weighted by molar-refractivity contribution is 0.0684. The van der Waals surface area contributed by atoms with Gasteiger partial charge in [0.1, 0.15) is 17.0 Å². The second-order valence-electron chi connectivity index (χ2n) is 7.59. The molecule has 2 N–H and O–H groups in total. The number of hydrogen-bond donors (Lipinski definition) is 2. The molecule has 4 aromatic rings. The van der Waals surface area contributed by atoms with E-state index >= 15 is 0 Å². The van der Waals surface area contributed by atoms with Gasteiger partial charge in [-0.1, -0.05) is 48.0 Å². The Morgan fingerprint density at radius 1 is 0.838 bits per heavy atom. The number of halogens is 5. The van der Waals surface area contributed by atoms with Gasteiger partial charge < -0.3 is 10.4 Å². The zero-order valence-electron chi connectivity index (χ0n) is 19.4. The van der Waals surface area contributed by atoms with Gasteiger partial charge in [0.05, 0.1) is 5.56 Å². The van der Waals surface area contributed by atoms with Crippen LogP contribution in [-0.2, 0) is 14.1 Å². The Morgan fingerprint density at radius 2 is 1.32 bits per heavy atom. The van der Waals surface area contributed by atoms with Gasteiger partial charge in [-0.05, 0) is 12.1 Å². The van der Waals surface area contributed by atoms with E-state index in [9.17, 15) is 27.2 Å². The number of carbonyl (C=O) groups is 2. The number of aryl methyl sites for hydroxylation is 2. The van der Waals surface area contributed by atoms with Crippen LogP contribution in [0.2, 0.25) is 5.02 Å². The van der Waals surface area contributed by atoms with Gasteiger partial charge in [0.25, 0.3) is 18.8 Å². The number of benzene rings is 2. The predicted molar refractivity (Wildman–Crippen MR) is 128 cm³/mol. The van der Waals surface area contributed by atoms with E-state index in [1.165, 1.54) is 25.0 Å². The maximum Gasteiger partial charge on any atom is 0.339 e. The monoisotopic (exact) mass is 537 g/mol. The molecule has 0 fully saturated rings. The number of carboxylic acids is 1. The lowest BCUT2D eigenvalue weighted by Gasteiger charge is -2.12. The summed E-state index contributed by atoms with van der Waals surface area (Å²) in [4.78, 5) is 22.8. The van der Waals surface area contributed by atoms with Gasteiger partial charge in [-0.25, -0.2) is 22.4 Å². The number of amides is 1. The fraction of sp³-hybridized carbons (Fsp3) is 0.167. The topological polar surface area (TPSA) is 102 Å². The second kappa shape index (κ2) is 11.7. The fourth-order valence-electron chi connectivity index (χ4n) is 3.37. The molecule has 2 heterocycles. The van der Waals surface area contributed by atoms with Crippen LogP contribution < -0.4 is 5.32 Å². The second-order valence-corrected chi connectivity index (χ2v) is 8.00. The number of nitrogens with zero attached hydrogens (tertiary/aromatic N) is 4. The molecule has 0 aliphatic rings. The van der Waals surface area contributed by atoms with Crippen molar-refractivity contribution in [2.24, 2.45) is 14.1 Å². The maximum atomic E-state index is 13.1. The first-order valence-corrected chi connectivity index (χ1v) is 10.9. The van der Waals surface area contributed by atoms with E-state index < -0.39 is 41.7 Å².